The maximum Gasteiger partial charge on any atom is 0.243 e. The largest absolute Gasteiger partial charge is 0.378 e. The summed E-state index contributed by atoms with van der Waals surface area (Å²) in [6.45, 7) is 11.4. The normalized spacial score (nSPS) is 21.8. The van der Waals surface area contributed by atoms with E-state index in [2.05, 4.69) is 26.9 Å². The lowest BCUT2D eigenvalue weighted by Crippen LogP contribution is -2.48. The summed E-state index contributed by atoms with van der Waals surface area (Å²) in [4.78, 5) is 23.2. The van der Waals surface area contributed by atoms with Gasteiger partial charge in [-0.05, 0) is 13.8 Å². The fourth-order valence-electron chi connectivity index (χ4n) is 3.24. The highest BCUT2D eigenvalue weighted by molar-refractivity contribution is 5.76. The summed E-state index contributed by atoms with van der Waals surface area (Å²) in [6.07, 6.45) is 0.596. The van der Waals surface area contributed by atoms with E-state index in [0.29, 0.717) is 31.3 Å². The third-order valence-electron chi connectivity index (χ3n) is 4.86. The monoisotopic (exact) mass is 337 g/mol. The fraction of sp³-hybridized carbons (Fsp3) is 0.812. The summed E-state index contributed by atoms with van der Waals surface area (Å²) < 4.78 is 10.6. The Hall–Kier alpha value is -1.51. The van der Waals surface area contributed by atoms with E-state index in [-0.39, 0.29) is 11.9 Å². The second-order valence-electron chi connectivity index (χ2n) is 6.48. The zero-order chi connectivity index (χ0) is 16.9. The lowest BCUT2D eigenvalue weighted by molar-refractivity contribution is -0.135. The second kappa shape index (κ2) is 8.04. The van der Waals surface area contributed by atoms with Gasteiger partial charge in [-0.3, -0.25) is 9.69 Å². The Kier molecular flexibility index (Phi) is 5.80. The molecule has 24 heavy (non-hydrogen) atoms. The van der Waals surface area contributed by atoms with Crippen molar-refractivity contribution in [2.24, 2.45) is 0 Å². The van der Waals surface area contributed by atoms with Crippen molar-refractivity contribution >= 4 is 5.91 Å². The van der Waals surface area contributed by atoms with Gasteiger partial charge in [0, 0.05) is 52.2 Å². The molecule has 8 heteroatoms. The number of ether oxygens (including phenoxy) is 1. The van der Waals surface area contributed by atoms with E-state index < -0.39 is 0 Å². The summed E-state index contributed by atoms with van der Waals surface area (Å²) in [5.41, 5.74) is 0. The predicted octanol–water partition coefficient (Wildman–Crippen LogP) is 0.306. The van der Waals surface area contributed by atoms with Crippen LogP contribution in [0.1, 0.15) is 31.1 Å². The molecule has 2 fully saturated rings. The quantitative estimate of drug-likeness (QED) is 0.765. The van der Waals surface area contributed by atoms with Crippen LogP contribution in [0, 0.1) is 6.92 Å². The minimum atomic E-state index is 0.142. The van der Waals surface area contributed by atoms with Crippen LogP contribution in [0.2, 0.25) is 0 Å². The molecule has 0 saturated carbocycles. The summed E-state index contributed by atoms with van der Waals surface area (Å²) in [5, 5.41) is 3.87. The van der Waals surface area contributed by atoms with Gasteiger partial charge in [-0.2, -0.15) is 4.98 Å². The molecule has 0 radical (unpaired) electrons. The first kappa shape index (κ1) is 17.3. The van der Waals surface area contributed by atoms with Crippen LogP contribution in [0.5, 0.6) is 0 Å². The van der Waals surface area contributed by atoms with Crippen LogP contribution in [0.4, 0.5) is 0 Å². The van der Waals surface area contributed by atoms with E-state index in [4.69, 9.17) is 9.26 Å². The molecular formula is C16H27N5O3. The highest BCUT2D eigenvalue weighted by atomic mass is 16.5. The van der Waals surface area contributed by atoms with Crippen molar-refractivity contribution in [3.05, 3.63) is 11.7 Å². The zero-order valence-corrected chi connectivity index (χ0v) is 14.6. The smallest absolute Gasteiger partial charge is 0.243 e. The number of hydrogen-bond donors (Lipinski definition) is 0. The molecule has 0 aromatic carbocycles. The Labute approximate surface area is 142 Å². The SMILES string of the molecule is Cc1noc(C(C)N2CCN(CCC(=O)N3CCOCC3)CC2)n1. The summed E-state index contributed by atoms with van der Waals surface area (Å²) in [6, 6.07) is 0.142. The average molecular weight is 337 g/mol. The number of nitrogens with zero attached hydrogens (tertiary/aromatic N) is 5. The van der Waals surface area contributed by atoms with Crippen LogP contribution < -0.4 is 0 Å². The first-order chi connectivity index (χ1) is 11.6. The Morgan fingerprint density at radius 1 is 1.17 bits per heavy atom. The van der Waals surface area contributed by atoms with Gasteiger partial charge in [0.1, 0.15) is 0 Å². The highest BCUT2D eigenvalue weighted by Gasteiger charge is 2.26. The van der Waals surface area contributed by atoms with Crippen molar-refractivity contribution in [1.82, 2.24) is 24.8 Å². The Morgan fingerprint density at radius 3 is 2.50 bits per heavy atom. The standard InChI is InChI=1S/C16H27N5O3/c1-13(16-17-14(2)18-24-16)20-7-5-19(6-8-20)4-3-15(22)21-9-11-23-12-10-21/h13H,3-12H2,1-2H3. The predicted molar refractivity (Wildman–Crippen MR) is 87.5 cm³/mol. The van der Waals surface area contributed by atoms with Gasteiger partial charge in [0.15, 0.2) is 5.82 Å². The van der Waals surface area contributed by atoms with Crippen molar-refractivity contribution in [3.63, 3.8) is 0 Å². The number of piperazine rings is 1. The van der Waals surface area contributed by atoms with E-state index >= 15 is 0 Å². The van der Waals surface area contributed by atoms with E-state index in [1.807, 2.05) is 11.8 Å². The molecule has 0 spiro atoms. The van der Waals surface area contributed by atoms with Crippen molar-refractivity contribution < 1.29 is 14.1 Å². The molecule has 0 bridgehead atoms. The minimum Gasteiger partial charge on any atom is -0.378 e. The molecule has 3 heterocycles. The molecule has 3 rings (SSSR count). The number of aromatic nitrogens is 2. The maximum atomic E-state index is 12.2. The molecular weight excluding hydrogens is 310 g/mol. The van der Waals surface area contributed by atoms with Gasteiger partial charge < -0.3 is 19.1 Å². The van der Waals surface area contributed by atoms with Crippen molar-refractivity contribution in [2.45, 2.75) is 26.3 Å². The molecule has 2 aliphatic heterocycles. The number of rotatable bonds is 5. The molecule has 2 aliphatic rings. The molecule has 1 atom stereocenters. The Bertz CT molecular complexity index is 536. The Morgan fingerprint density at radius 2 is 1.88 bits per heavy atom. The number of hydrogen-bond acceptors (Lipinski definition) is 7. The number of carbonyl (C=O) groups excluding carboxylic acids is 1. The first-order valence-corrected chi connectivity index (χ1v) is 8.75. The molecule has 0 N–H and O–H groups in total. The molecule has 2 saturated heterocycles. The second-order valence-corrected chi connectivity index (χ2v) is 6.48. The van der Waals surface area contributed by atoms with Gasteiger partial charge in [0.2, 0.25) is 11.8 Å². The first-order valence-electron chi connectivity index (χ1n) is 8.75. The molecule has 0 aliphatic carbocycles. The third kappa shape index (κ3) is 4.31. The minimum absolute atomic E-state index is 0.142. The van der Waals surface area contributed by atoms with Gasteiger partial charge in [-0.25, -0.2) is 0 Å². The lowest BCUT2D eigenvalue weighted by Gasteiger charge is -2.37. The molecule has 1 aromatic heterocycles. The molecule has 1 amide bonds. The summed E-state index contributed by atoms with van der Waals surface area (Å²) >= 11 is 0. The number of amides is 1. The zero-order valence-electron chi connectivity index (χ0n) is 14.6. The molecule has 1 unspecified atom stereocenters. The topological polar surface area (TPSA) is 74.9 Å². The van der Waals surface area contributed by atoms with E-state index in [1.54, 1.807) is 0 Å². The lowest BCUT2D eigenvalue weighted by atomic mass is 10.2. The van der Waals surface area contributed by atoms with Gasteiger partial charge in [0.05, 0.1) is 19.3 Å². The van der Waals surface area contributed by atoms with E-state index in [0.717, 1.165) is 45.8 Å². The van der Waals surface area contributed by atoms with Crippen LogP contribution >= 0.6 is 0 Å². The van der Waals surface area contributed by atoms with Gasteiger partial charge in [-0.15, -0.1) is 0 Å². The Balaban J connectivity index is 1.39. The molecule has 134 valence electrons. The fourth-order valence-corrected chi connectivity index (χ4v) is 3.24. The third-order valence-corrected chi connectivity index (χ3v) is 4.86. The van der Waals surface area contributed by atoms with Gasteiger partial charge in [-0.1, -0.05) is 5.16 Å². The maximum absolute atomic E-state index is 12.2. The van der Waals surface area contributed by atoms with Gasteiger partial charge >= 0.3 is 0 Å². The van der Waals surface area contributed by atoms with E-state index in [1.165, 1.54) is 0 Å². The van der Waals surface area contributed by atoms with Crippen molar-refractivity contribution in [3.8, 4) is 0 Å². The number of morpholine rings is 1. The van der Waals surface area contributed by atoms with Crippen LogP contribution in [0.3, 0.4) is 0 Å². The van der Waals surface area contributed by atoms with Crippen molar-refractivity contribution in [2.75, 3.05) is 59.0 Å². The molecule has 1 aromatic rings. The molecule has 8 nitrogen and oxygen atoms in total. The average Bonchev–Trinajstić information content (AvgIpc) is 3.06. The van der Waals surface area contributed by atoms with Crippen LogP contribution in [0.15, 0.2) is 4.52 Å². The highest BCUT2D eigenvalue weighted by Crippen LogP contribution is 2.20. The van der Waals surface area contributed by atoms with Crippen LogP contribution in [-0.2, 0) is 9.53 Å². The van der Waals surface area contributed by atoms with Crippen molar-refractivity contribution in [1.29, 1.82) is 0 Å². The number of carbonyl (C=O) groups is 1. The number of aryl methyl sites for hydroxylation is 1. The van der Waals surface area contributed by atoms with Crippen LogP contribution in [0.25, 0.3) is 0 Å². The summed E-state index contributed by atoms with van der Waals surface area (Å²) in [7, 11) is 0. The van der Waals surface area contributed by atoms with Gasteiger partial charge in [0.25, 0.3) is 0 Å². The summed E-state index contributed by atoms with van der Waals surface area (Å²) in [5.74, 6) is 1.61. The van der Waals surface area contributed by atoms with E-state index in [9.17, 15) is 4.79 Å². The van der Waals surface area contributed by atoms with Crippen LogP contribution in [-0.4, -0.2) is 89.8 Å².